The summed E-state index contributed by atoms with van der Waals surface area (Å²) in [4.78, 5) is 27.3. The zero-order valence-corrected chi connectivity index (χ0v) is 23.4. The van der Waals surface area contributed by atoms with Gasteiger partial charge in [0.15, 0.2) is 5.49 Å². The van der Waals surface area contributed by atoms with Crippen molar-refractivity contribution < 1.29 is 4.79 Å². The lowest BCUT2D eigenvalue weighted by Crippen LogP contribution is -2.44. The number of allylic oxidation sites excluding steroid dienone is 1. The molecule has 8 nitrogen and oxygen atoms in total. The molecular formula is C32H39N7O. The number of carbonyl (C=O) groups is 1. The van der Waals surface area contributed by atoms with Gasteiger partial charge >= 0.3 is 0 Å². The van der Waals surface area contributed by atoms with Gasteiger partial charge < -0.3 is 25.0 Å². The van der Waals surface area contributed by atoms with Gasteiger partial charge in [0, 0.05) is 43.6 Å². The molecule has 2 aliphatic rings. The van der Waals surface area contributed by atoms with Crippen molar-refractivity contribution in [2.75, 3.05) is 50.5 Å². The topological polar surface area (TPSA) is 90.8 Å². The van der Waals surface area contributed by atoms with E-state index in [1.54, 1.807) is 0 Å². The number of hydrogen-bond acceptors (Lipinski definition) is 4. The minimum atomic E-state index is 0.0292. The van der Waals surface area contributed by atoms with E-state index in [4.69, 9.17) is 5.41 Å². The van der Waals surface area contributed by atoms with Gasteiger partial charge in [0.05, 0.1) is 5.69 Å². The first-order valence-electron chi connectivity index (χ1n) is 14.1. The van der Waals surface area contributed by atoms with Crippen LogP contribution in [-0.4, -0.2) is 73.0 Å². The summed E-state index contributed by atoms with van der Waals surface area (Å²) in [6.45, 7) is 3.73. The summed E-state index contributed by atoms with van der Waals surface area (Å²) in [6, 6.07) is 22.1. The first-order valence-corrected chi connectivity index (χ1v) is 14.1. The lowest BCUT2D eigenvalue weighted by atomic mass is 10.0. The number of amides is 1. The standard InChI is InChI=1S/C32H39N7O/c1-37-21-17-28(18-22-37)38(2)31(40)26-12-14-27(15-13-26)35-32(33)36-30-29(11-6-19-34-30)39-20-7-10-25(16-23-39)24-8-4-3-5-9-24/h3-6,8-9,11-16,19,28H,7,10,17-18,20-23H2,1-2H3,(H3,33,34,35,36). The Kier molecular flexibility index (Phi) is 8.76. The number of nitrogens with zero attached hydrogens (tertiary/aromatic N) is 4. The molecule has 1 amide bonds. The Hall–Kier alpha value is -4.17. The fourth-order valence-corrected chi connectivity index (χ4v) is 5.50. The smallest absolute Gasteiger partial charge is 0.253 e. The highest BCUT2D eigenvalue weighted by atomic mass is 16.2. The van der Waals surface area contributed by atoms with Gasteiger partial charge in [-0.3, -0.25) is 10.2 Å². The molecule has 1 fully saturated rings. The van der Waals surface area contributed by atoms with Crippen molar-refractivity contribution in [3.05, 3.63) is 95.6 Å². The Morgan fingerprint density at radius 1 is 1.02 bits per heavy atom. The van der Waals surface area contributed by atoms with E-state index in [1.807, 2.05) is 60.6 Å². The minimum Gasteiger partial charge on any atom is -0.365 e. The number of nitrogens with one attached hydrogen (secondary N) is 3. The molecule has 2 aromatic carbocycles. The van der Waals surface area contributed by atoms with E-state index in [2.05, 4.69) is 62.5 Å². The van der Waals surface area contributed by atoms with Crippen LogP contribution in [0.4, 0.5) is 11.4 Å². The molecule has 0 radical (unpaired) electrons. The molecule has 40 heavy (non-hydrogen) atoms. The molecule has 3 aromatic rings. The molecule has 0 unspecified atom stereocenters. The van der Waals surface area contributed by atoms with Crippen LogP contribution in [0.2, 0.25) is 0 Å². The number of rotatable bonds is 5. The molecule has 0 aliphatic carbocycles. The van der Waals surface area contributed by atoms with Gasteiger partial charge in [0.2, 0.25) is 5.96 Å². The number of benzene rings is 2. The molecule has 0 atom stereocenters. The van der Waals surface area contributed by atoms with Gasteiger partial charge in [-0.2, -0.15) is 4.99 Å². The average Bonchev–Trinajstić information content (AvgIpc) is 3.24. The summed E-state index contributed by atoms with van der Waals surface area (Å²) in [5, 5.41) is 11.6. The van der Waals surface area contributed by atoms with Crippen LogP contribution in [0.5, 0.6) is 0 Å². The highest BCUT2D eigenvalue weighted by Gasteiger charge is 2.24. The van der Waals surface area contributed by atoms with Gasteiger partial charge in [-0.25, -0.2) is 0 Å². The van der Waals surface area contributed by atoms with Crippen LogP contribution >= 0.6 is 0 Å². The van der Waals surface area contributed by atoms with Gasteiger partial charge in [-0.15, -0.1) is 0 Å². The highest BCUT2D eigenvalue weighted by molar-refractivity contribution is 5.96. The van der Waals surface area contributed by atoms with Crippen LogP contribution < -0.4 is 15.7 Å². The van der Waals surface area contributed by atoms with Crippen molar-refractivity contribution in [3.8, 4) is 0 Å². The van der Waals surface area contributed by atoms with E-state index in [0.717, 1.165) is 63.2 Å². The highest BCUT2D eigenvalue weighted by Crippen LogP contribution is 2.24. The molecule has 5 rings (SSSR count). The van der Waals surface area contributed by atoms with Gasteiger partial charge in [-0.1, -0.05) is 36.4 Å². The molecule has 208 valence electrons. The monoisotopic (exact) mass is 537 g/mol. The minimum absolute atomic E-state index is 0.0292. The number of likely N-dealkylation sites (tertiary alicyclic amines) is 1. The van der Waals surface area contributed by atoms with Gasteiger partial charge in [0.25, 0.3) is 5.91 Å². The maximum atomic E-state index is 13.0. The van der Waals surface area contributed by atoms with E-state index in [1.165, 1.54) is 11.1 Å². The molecule has 1 aromatic heterocycles. The van der Waals surface area contributed by atoms with Crippen molar-refractivity contribution >= 4 is 28.8 Å². The predicted octanol–water partition coefficient (Wildman–Crippen LogP) is 4.81. The number of hydrogen-bond donors (Lipinski definition) is 3. The zero-order chi connectivity index (χ0) is 27.9. The SMILES string of the molecule is CN1CCC(N(C)C(=O)c2ccc(NC(=N)/N=c3\[nH]cccc3N3CC=C(c4ccccc4)CCC3)cc2)CC1. The third-order valence-electron chi connectivity index (χ3n) is 7.90. The second-order valence-corrected chi connectivity index (χ2v) is 10.7. The maximum Gasteiger partial charge on any atom is 0.253 e. The zero-order valence-electron chi connectivity index (χ0n) is 23.4. The van der Waals surface area contributed by atoms with E-state index in [9.17, 15) is 4.79 Å². The van der Waals surface area contributed by atoms with Crippen LogP contribution in [0, 0.1) is 5.41 Å². The van der Waals surface area contributed by atoms with Crippen molar-refractivity contribution in [1.82, 2.24) is 14.8 Å². The van der Waals surface area contributed by atoms with E-state index >= 15 is 0 Å². The molecular weight excluding hydrogens is 498 g/mol. The number of anilines is 2. The normalized spacial score (nSPS) is 17.2. The lowest BCUT2D eigenvalue weighted by molar-refractivity contribution is 0.0659. The third kappa shape index (κ3) is 6.69. The van der Waals surface area contributed by atoms with E-state index in [-0.39, 0.29) is 17.9 Å². The number of aromatic amines is 1. The number of aromatic nitrogens is 1. The molecule has 0 spiro atoms. The first kappa shape index (κ1) is 27.4. The van der Waals surface area contributed by atoms with Gasteiger partial charge in [-0.05, 0) is 93.4 Å². The third-order valence-corrected chi connectivity index (χ3v) is 7.90. The fourth-order valence-electron chi connectivity index (χ4n) is 5.50. The second kappa shape index (κ2) is 12.8. The van der Waals surface area contributed by atoms with E-state index < -0.39 is 0 Å². The van der Waals surface area contributed by atoms with Crippen LogP contribution in [0.3, 0.4) is 0 Å². The molecule has 1 saturated heterocycles. The average molecular weight is 538 g/mol. The Labute approximate surface area is 236 Å². The molecule has 2 aliphatic heterocycles. The maximum absolute atomic E-state index is 13.0. The number of carbonyl (C=O) groups excluding carboxylic acids is 1. The van der Waals surface area contributed by atoms with E-state index in [0.29, 0.717) is 11.1 Å². The molecule has 3 N–H and O–H groups in total. The number of piperidine rings is 1. The molecule has 0 saturated carbocycles. The first-order chi connectivity index (χ1) is 19.5. The largest absolute Gasteiger partial charge is 0.365 e. The summed E-state index contributed by atoms with van der Waals surface area (Å²) in [7, 11) is 4.02. The van der Waals surface area contributed by atoms with Crippen LogP contribution in [-0.2, 0) is 0 Å². The van der Waals surface area contributed by atoms with Crippen LogP contribution in [0.15, 0.2) is 84.0 Å². The predicted molar refractivity (Wildman–Crippen MR) is 163 cm³/mol. The second-order valence-electron chi connectivity index (χ2n) is 10.7. The Bertz CT molecular complexity index is 1400. The quantitative estimate of drug-likeness (QED) is 0.322. The molecule has 8 heteroatoms. The Morgan fingerprint density at radius 3 is 2.52 bits per heavy atom. The summed E-state index contributed by atoms with van der Waals surface area (Å²) in [5.74, 6) is 0.0628. The Balaban J connectivity index is 1.24. The lowest BCUT2D eigenvalue weighted by Gasteiger charge is -2.35. The van der Waals surface area contributed by atoms with Crippen molar-refractivity contribution in [2.45, 2.75) is 31.7 Å². The Morgan fingerprint density at radius 2 is 1.77 bits per heavy atom. The van der Waals surface area contributed by atoms with Crippen molar-refractivity contribution in [3.63, 3.8) is 0 Å². The summed E-state index contributed by atoms with van der Waals surface area (Å²) in [6.07, 6.45) is 8.21. The summed E-state index contributed by atoms with van der Waals surface area (Å²) >= 11 is 0. The molecule has 0 bridgehead atoms. The fraction of sp³-hybridized carbons (Fsp3) is 0.344. The number of H-pyrrole nitrogens is 1. The number of guanidine groups is 1. The summed E-state index contributed by atoms with van der Waals surface area (Å²) in [5.41, 5.74) is 5.63. The van der Waals surface area contributed by atoms with Gasteiger partial charge in [0.1, 0.15) is 0 Å². The molecule has 3 heterocycles. The summed E-state index contributed by atoms with van der Waals surface area (Å²) < 4.78 is 0. The number of pyridine rings is 1. The van der Waals surface area contributed by atoms with Crippen molar-refractivity contribution in [1.29, 1.82) is 5.41 Å². The van der Waals surface area contributed by atoms with Crippen LogP contribution in [0.1, 0.15) is 41.6 Å². The van der Waals surface area contributed by atoms with Crippen molar-refractivity contribution in [2.24, 2.45) is 4.99 Å². The van der Waals surface area contributed by atoms with Crippen LogP contribution in [0.25, 0.3) is 5.57 Å².